The molecule has 1 aliphatic rings. The number of methoxy groups -OCH3 is 2. The Hall–Kier alpha value is -4.10. The van der Waals surface area contributed by atoms with Crippen LogP contribution in [0.5, 0.6) is 11.5 Å². The van der Waals surface area contributed by atoms with E-state index >= 15 is 0 Å². The quantitative estimate of drug-likeness (QED) is 0.291. The number of anilines is 1. The van der Waals surface area contributed by atoms with E-state index in [0.717, 1.165) is 39.9 Å². The van der Waals surface area contributed by atoms with Crippen molar-refractivity contribution in [3.63, 3.8) is 0 Å². The lowest BCUT2D eigenvalue weighted by molar-refractivity contribution is 0.354. The highest BCUT2D eigenvalue weighted by Crippen LogP contribution is 2.37. The fourth-order valence-electron chi connectivity index (χ4n) is 4.73. The van der Waals surface area contributed by atoms with Gasteiger partial charge in [0.15, 0.2) is 11.5 Å². The predicted molar refractivity (Wildman–Crippen MR) is 151 cm³/mol. The third-order valence-electron chi connectivity index (χ3n) is 6.72. The summed E-state index contributed by atoms with van der Waals surface area (Å²) >= 11 is 0. The van der Waals surface area contributed by atoms with Gasteiger partial charge in [0.2, 0.25) is 0 Å². The van der Waals surface area contributed by atoms with E-state index in [0.29, 0.717) is 23.7 Å². The zero-order valence-corrected chi connectivity index (χ0v) is 22.5. The summed E-state index contributed by atoms with van der Waals surface area (Å²) < 4.78 is 40.9. The summed E-state index contributed by atoms with van der Waals surface area (Å²) in [6, 6.07) is 28.1. The van der Waals surface area contributed by atoms with E-state index in [4.69, 9.17) is 14.5 Å². The smallest absolute Gasteiger partial charge is 0.264 e. The molecule has 0 radical (unpaired) electrons. The van der Waals surface area contributed by atoms with Gasteiger partial charge in [0.25, 0.3) is 10.0 Å². The van der Waals surface area contributed by atoms with Crippen molar-refractivity contribution >= 4 is 21.4 Å². The van der Waals surface area contributed by atoms with Crippen molar-refractivity contribution in [2.24, 2.45) is 4.99 Å². The molecule has 38 heavy (non-hydrogen) atoms. The molecule has 0 saturated heterocycles. The first-order valence-corrected chi connectivity index (χ1v) is 13.9. The molecule has 0 bridgehead atoms. The molecule has 0 fully saturated rings. The third kappa shape index (κ3) is 4.89. The molecule has 0 aliphatic carbocycles. The van der Waals surface area contributed by atoms with Crippen molar-refractivity contribution in [3.8, 4) is 11.5 Å². The average Bonchev–Trinajstić information content (AvgIpc) is 2.95. The van der Waals surface area contributed by atoms with Crippen molar-refractivity contribution < 1.29 is 17.9 Å². The van der Waals surface area contributed by atoms with E-state index in [1.165, 1.54) is 4.31 Å². The Labute approximate surface area is 224 Å². The number of rotatable bonds is 8. The van der Waals surface area contributed by atoms with E-state index < -0.39 is 10.0 Å². The van der Waals surface area contributed by atoms with Crippen LogP contribution in [0.3, 0.4) is 0 Å². The Kier molecular flexibility index (Phi) is 7.20. The fourth-order valence-corrected chi connectivity index (χ4v) is 6.20. The Morgan fingerprint density at radius 3 is 2.18 bits per heavy atom. The maximum Gasteiger partial charge on any atom is 0.264 e. The first-order valence-electron chi connectivity index (χ1n) is 12.4. The first kappa shape index (κ1) is 25.5. The van der Waals surface area contributed by atoms with Gasteiger partial charge in [-0.1, -0.05) is 66.2 Å². The lowest BCUT2D eigenvalue weighted by atomic mass is 9.92. The maximum atomic E-state index is 14.2. The van der Waals surface area contributed by atoms with E-state index in [1.54, 1.807) is 26.4 Å². The standard InChI is InChI=1S/C31H30N2O4S/c1-22-13-15-25(16-14-22)38(34,35)33(21-23-9-5-4-6-10-23)28-12-8-7-11-26(28)31-27-20-30(37-3)29(36-2)19-24(27)17-18-32-31/h4-16,19-20H,17-18,21H2,1-3H3. The third-order valence-corrected chi connectivity index (χ3v) is 8.50. The first-order chi connectivity index (χ1) is 18.4. The number of sulfonamides is 1. The molecular formula is C31H30N2O4S. The van der Waals surface area contributed by atoms with E-state index in [-0.39, 0.29) is 11.4 Å². The van der Waals surface area contributed by atoms with Crippen LogP contribution in [0.1, 0.15) is 27.8 Å². The van der Waals surface area contributed by atoms with Gasteiger partial charge >= 0.3 is 0 Å². The van der Waals surface area contributed by atoms with Crippen LogP contribution in [-0.4, -0.2) is 34.9 Å². The normalized spacial score (nSPS) is 12.9. The topological polar surface area (TPSA) is 68.2 Å². The SMILES string of the molecule is COc1cc2c(cc1OC)C(c1ccccc1N(Cc1ccccc1)S(=O)(=O)c1ccc(C)cc1)=NCC2. The predicted octanol–water partition coefficient (Wildman–Crippen LogP) is 5.80. The molecule has 6 nitrogen and oxygen atoms in total. The molecule has 0 aromatic heterocycles. The van der Waals surface area contributed by atoms with Gasteiger partial charge in [-0.15, -0.1) is 0 Å². The summed E-state index contributed by atoms with van der Waals surface area (Å²) in [5.41, 5.74) is 5.92. The van der Waals surface area contributed by atoms with Crippen LogP contribution in [0, 0.1) is 6.92 Å². The lowest BCUT2D eigenvalue weighted by Crippen LogP contribution is -2.32. The molecule has 0 N–H and O–H groups in total. The van der Waals surface area contributed by atoms with Crippen molar-refractivity contribution in [2.45, 2.75) is 24.8 Å². The van der Waals surface area contributed by atoms with Crippen LogP contribution >= 0.6 is 0 Å². The lowest BCUT2D eigenvalue weighted by Gasteiger charge is -2.28. The second kappa shape index (κ2) is 10.7. The van der Waals surface area contributed by atoms with Crippen molar-refractivity contribution in [2.75, 3.05) is 25.1 Å². The Morgan fingerprint density at radius 2 is 1.47 bits per heavy atom. The molecule has 1 aliphatic heterocycles. The molecule has 1 heterocycles. The van der Waals surface area contributed by atoms with Gasteiger partial charge in [-0.25, -0.2) is 8.42 Å². The second-order valence-electron chi connectivity index (χ2n) is 9.17. The highest BCUT2D eigenvalue weighted by Gasteiger charge is 2.30. The fraction of sp³-hybridized carbons (Fsp3) is 0.194. The summed E-state index contributed by atoms with van der Waals surface area (Å²) in [6.07, 6.45) is 0.761. The molecule has 0 unspecified atom stereocenters. The Bertz CT molecular complexity index is 1580. The summed E-state index contributed by atoms with van der Waals surface area (Å²) in [6.45, 7) is 2.71. The largest absolute Gasteiger partial charge is 0.493 e. The van der Waals surface area contributed by atoms with Crippen molar-refractivity contribution in [3.05, 3.63) is 119 Å². The number of aryl methyl sites for hydroxylation is 1. The number of nitrogens with zero attached hydrogens (tertiary/aromatic N) is 2. The van der Waals surface area contributed by atoms with Gasteiger partial charge in [-0.05, 0) is 54.8 Å². The van der Waals surface area contributed by atoms with E-state index in [9.17, 15) is 8.42 Å². The summed E-state index contributed by atoms with van der Waals surface area (Å²) in [4.78, 5) is 5.13. The molecule has 194 valence electrons. The van der Waals surface area contributed by atoms with Crippen LogP contribution in [0.2, 0.25) is 0 Å². The molecule has 4 aromatic carbocycles. The Balaban J connectivity index is 1.68. The average molecular weight is 527 g/mol. The minimum atomic E-state index is -3.90. The molecule has 5 rings (SSSR count). The summed E-state index contributed by atoms with van der Waals surface area (Å²) in [5, 5.41) is 0. The number of aliphatic imine (C=N–C) groups is 1. The monoisotopic (exact) mass is 526 g/mol. The van der Waals surface area contributed by atoms with E-state index in [2.05, 4.69) is 0 Å². The molecule has 0 spiro atoms. The van der Waals surface area contributed by atoms with Crippen LogP contribution < -0.4 is 13.8 Å². The minimum Gasteiger partial charge on any atom is -0.493 e. The molecule has 0 saturated carbocycles. The van der Waals surface area contributed by atoms with Gasteiger partial charge in [-0.2, -0.15) is 0 Å². The maximum absolute atomic E-state index is 14.2. The number of hydrogen-bond acceptors (Lipinski definition) is 5. The number of hydrogen-bond donors (Lipinski definition) is 0. The number of ether oxygens (including phenoxy) is 2. The van der Waals surface area contributed by atoms with Gasteiger partial charge in [0.1, 0.15) is 0 Å². The highest BCUT2D eigenvalue weighted by atomic mass is 32.2. The molecular weight excluding hydrogens is 496 g/mol. The highest BCUT2D eigenvalue weighted by molar-refractivity contribution is 7.92. The van der Waals surface area contributed by atoms with Gasteiger partial charge in [0.05, 0.1) is 37.1 Å². The molecule has 0 amide bonds. The number of fused-ring (bicyclic) bond motifs is 1. The zero-order valence-electron chi connectivity index (χ0n) is 21.7. The van der Waals surface area contributed by atoms with Gasteiger partial charge in [0, 0.05) is 17.7 Å². The van der Waals surface area contributed by atoms with Crippen LogP contribution in [0.15, 0.2) is 101 Å². The second-order valence-corrected chi connectivity index (χ2v) is 11.0. The van der Waals surface area contributed by atoms with Crippen LogP contribution in [0.4, 0.5) is 5.69 Å². The Morgan fingerprint density at radius 1 is 0.816 bits per heavy atom. The molecule has 0 atom stereocenters. The molecule has 4 aromatic rings. The molecule has 7 heteroatoms. The van der Waals surface area contributed by atoms with Crippen LogP contribution in [-0.2, 0) is 23.0 Å². The minimum absolute atomic E-state index is 0.181. The summed E-state index contributed by atoms with van der Waals surface area (Å²) in [7, 11) is -0.673. The van der Waals surface area contributed by atoms with Crippen molar-refractivity contribution in [1.82, 2.24) is 0 Å². The van der Waals surface area contributed by atoms with Crippen LogP contribution in [0.25, 0.3) is 0 Å². The number of benzene rings is 4. The van der Waals surface area contributed by atoms with Gasteiger partial charge < -0.3 is 9.47 Å². The summed E-state index contributed by atoms with van der Waals surface area (Å²) in [5.74, 6) is 1.26. The van der Waals surface area contributed by atoms with Crippen molar-refractivity contribution in [1.29, 1.82) is 0 Å². The zero-order chi connectivity index (χ0) is 26.7. The van der Waals surface area contributed by atoms with E-state index in [1.807, 2.05) is 85.8 Å². The number of para-hydroxylation sites is 1. The van der Waals surface area contributed by atoms with Gasteiger partial charge in [-0.3, -0.25) is 9.30 Å².